The fourth-order valence-corrected chi connectivity index (χ4v) is 5.65. The predicted molar refractivity (Wildman–Crippen MR) is 136 cm³/mol. The second-order valence-electron chi connectivity index (χ2n) is 8.70. The Morgan fingerprint density at radius 3 is 2.26 bits per heavy atom. The van der Waals surface area contributed by atoms with E-state index >= 15 is 0 Å². The number of carbonyl (C=O) groups excluding carboxylic acids is 2. The minimum Gasteiger partial charge on any atom is -0.341 e. The van der Waals surface area contributed by atoms with Crippen LogP contribution in [0.5, 0.6) is 0 Å². The number of hydrogen-bond acceptors (Lipinski definition) is 4. The zero-order valence-corrected chi connectivity index (χ0v) is 19.7. The summed E-state index contributed by atoms with van der Waals surface area (Å²) in [7, 11) is 0. The van der Waals surface area contributed by atoms with Crippen molar-refractivity contribution in [3.8, 4) is 0 Å². The summed E-state index contributed by atoms with van der Waals surface area (Å²) in [6.07, 6.45) is 2.24. The van der Waals surface area contributed by atoms with E-state index in [0.717, 1.165) is 28.9 Å². The van der Waals surface area contributed by atoms with Gasteiger partial charge >= 0.3 is 0 Å². The SMILES string of the molecule is O=C(NC(Cc1ccccc1)C(=O)N1CCC(c2nc3ccccc3s2)CC1)c1ccccc1. The molecule has 1 saturated heterocycles. The Hall–Kier alpha value is -3.51. The van der Waals surface area contributed by atoms with Crippen molar-refractivity contribution in [1.29, 1.82) is 0 Å². The summed E-state index contributed by atoms with van der Waals surface area (Å²) in [5.41, 5.74) is 2.63. The van der Waals surface area contributed by atoms with Crippen molar-refractivity contribution in [3.63, 3.8) is 0 Å². The lowest BCUT2D eigenvalue weighted by Crippen LogP contribution is -2.51. The summed E-state index contributed by atoms with van der Waals surface area (Å²) in [6, 6.07) is 26.5. The van der Waals surface area contributed by atoms with Crippen LogP contribution in [0.25, 0.3) is 10.2 Å². The molecule has 3 aromatic carbocycles. The van der Waals surface area contributed by atoms with Crippen LogP contribution in [0.3, 0.4) is 0 Å². The van der Waals surface area contributed by atoms with Crippen molar-refractivity contribution in [2.75, 3.05) is 13.1 Å². The smallest absolute Gasteiger partial charge is 0.251 e. The van der Waals surface area contributed by atoms with Crippen LogP contribution in [-0.4, -0.2) is 40.8 Å². The largest absolute Gasteiger partial charge is 0.341 e. The molecule has 0 aliphatic carbocycles. The Balaban J connectivity index is 1.28. The van der Waals surface area contributed by atoms with Crippen molar-refractivity contribution >= 4 is 33.4 Å². The van der Waals surface area contributed by atoms with Crippen LogP contribution in [0.4, 0.5) is 0 Å². The molecule has 0 saturated carbocycles. The number of amides is 2. The summed E-state index contributed by atoms with van der Waals surface area (Å²) < 4.78 is 1.21. The molecule has 1 aromatic heterocycles. The number of thiazole rings is 1. The Labute approximate surface area is 203 Å². The van der Waals surface area contributed by atoms with E-state index in [1.165, 1.54) is 4.70 Å². The van der Waals surface area contributed by atoms with E-state index < -0.39 is 6.04 Å². The fourth-order valence-electron chi connectivity index (χ4n) is 4.51. The Kier molecular flexibility index (Phi) is 6.67. The zero-order chi connectivity index (χ0) is 23.3. The molecule has 5 nitrogen and oxygen atoms in total. The first kappa shape index (κ1) is 22.3. The molecule has 1 aliphatic heterocycles. The van der Waals surface area contributed by atoms with Crippen molar-refractivity contribution in [2.24, 2.45) is 0 Å². The number of nitrogens with one attached hydrogen (secondary N) is 1. The number of rotatable bonds is 6. The highest BCUT2D eigenvalue weighted by molar-refractivity contribution is 7.18. The molecule has 5 rings (SSSR count). The topological polar surface area (TPSA) is 62.3 Å². The van der Waals surface area contributed by atoms with Gasteiger partial charge in [-0.15, -0.1) is 11.3 Å². The molecule has 1 N–H and O–H groups in total. The summed E-state index contributed by atoms with van der Waals surface area (Å²) in [5.74, 6) is 0.128. The monoisotopic (exact) mass is 469 g/mol. The molecule has 1 atom stereocenters. The molecule has 1 unspecified atom stereocenters. The second-order valence-corrected chi connectivity index (χ2v) is 9.76. The van der Waals surface area contributed by atoms with Gasteiger partial charge < -0.3 is 10.2 Å². The second kappa shape index (κ2) is 10.2. The van der Waals surface area contributed by atoms with Crippen LogP contribution >= 0.6 is 11.3 Å². The van der Waals surface area contributed by atoms with Crippen LogP contribution < -0.4 is 5.32 Å². The van der Waals surface area contributed by atoms with Crippen molar-refractivity contribution < 1.29 is 9.59 Å². The molecule has 0 radical (unpaired) electrons. The normalized spacial score (nSPS) is 15.2. The minimum atomic E-state index is -0.603. The highest BCUT2D eigenvalue weighted by atomic mass is 32.1. The molecule has 172 valence electrons. The van der Waals surface area contributed by atoms with Crippen LogP contribution in [-0.2, 0) is 11.2 Å². The predicted octanol–water partition coefficient (Wildman–Crippen LogP) is 5.04. The third-order valence-corrected chi connectivity index (χ3v) is 7.59. The van der Waals surface area contributed by atoms with Gasteiger partial charge in [-0.25, -0.2) is 4.98 Å². The van der Waals surface area contributed by atoms with Gasteiger partial charge in [-0.3, -0.25) is 9.59 Å². The van der Waals surface area contributed by atoms with Crippen molar-refractivity contribution in [1.82, 2.24) is 15.2 Å². The van der Waals surface area contributed by atoms with E-state index in [1.807, 2.05) is 65.6 Å². The number of piperidine rings is 1. The number of aromatic nitrogens is 1. The number of carbonyl (C=O) groups is 2. The molecule has 1 aliphatic rings. The third kappa shape index (κ3) is 5.02. The molecule has 6 heteroatoms. The Bertz CT molecular complexity index is 1230. The lowest BCUT2D eigenvalue weighted by Gasteiger charge is -2.34. The maximum atomic E-state index is 13.6. The van der Waals surface area contributed by atoms with E-state index in [-0.39, 0.29) is 11.8 Å². The number of fused-ring (bicyclic) bond motifs is 1. The van der Waals surface area contributed by atoms with Gasteiger partial charge in [0.25, 0.3) is 5.91 Å². The van der Waals surface area contributed by atoms with Crippen molar-refractivity contribution in [2.45, 2.75) is 31.2 Å². The molecule has 0 spiro atoms. The lowest BCUT2D eigenvalue weighted by atomic mass is 9.96. The van der Waals surface area contributed by atoms with E-state index in [1.54, 1.807) is 23.5 Å². The first-order valence-corrected chi connectivity index (χ1v) is 12.5. The number of nitrogens with zero attached hydrogens (tertiary/aromatic N) is 2. The Morgan fingerprint density at radius 1 is 0.912 bits per heavy atom. The number of hydrogen-bond donors (Lipinski definition) is 1. The third-order valence-electron chi connectivity index (χ3n) is 6.39. The molecule has 0 bridgehead atoms. The Morgan fingerprint density at radius 2 is 1.56 bits per heavy atom. The quantitative estimate of drug-likeness (QED) is 0.430. The van der Waals surface area contributed by atoms with Gasteiger partial charge in [-0.2, -0.15) is 0 Å². The summed E-state index contributed by atoms with van der Waals surface area (Å²) in [5, 5.41) is 4.16. The lowest BCUT2D eigenvalue weighted by molar-refractivity contribution is -0.134. The van der Waals surface area contributed by atoms with Crippen LogP contribution in [0, 0.1) is 0 Å². The number of para-hydroxylation sites is 1. The van der Waals surface area contributed by atoms with Gasteiger partial charge in [0.2, 0.25) is 5.91 Å². The number of likely N-dealkylation sites (tertiary alicyclic amines) is 1. The van der Waals surface area contributed by atoms with Gasteiger partial charge in [0.1, 0.15) is 6.04 Å². The molecule has 34 heavy (non-hydrogen) atoms. The molecule has 2 heterocycles. The highest BCUT2D eigenvalue weighted by Crippen LogP contribution is 2.34. The highest BCUT2D eigenvalue weighted by Gasteiger charge is 2.31. The average Bonchev–Trinajstić information content (AvgIpc) is 3.33. The summed E-state index contributed by atoms with van der Waals surface area (Å²) in [6.45, 7) is 1.35. The zero-order valence-electron chi connectivity index (χ0n) is 18.9. The maximum Gasteiger partial charge on any atom is 0.251 e. The van der Waals surface area contributed by atoms with Gasteiger partial charge in [-0.05, 0) is 42.7 Å². The average molecular weight is 470 g/mol. The van der Waals surface area contributed by atoms with Crippen LogP contribution in [0.2, 0.25) is 0 Å². The molecule has 4 aromatic rings. The van der Waals surface area contributed by atoms with E-state index in [0.29, 0.717) is 31.0 Å². The van der Waals surface area contributed by atoms with Crippen molar-refractivity contribution in [3.05, 3.63) is 101 Å². The van der Waals surface area contributed by atoms with Gasteiger partial charge in [0, 0.05) is 31.0 Å². The fraction of sp³-hybridized carbons (Fsp3) is 0.250. The standard InChI is InChI=1S/C28H27N3O2S/c32-26(21-11-5-2-6-12-21)29-24(19-20-9-3-1-4-10-20)28(33)31-17-15-22(16-18-31)27-30-23-13-7-8-14-25(23)34-27/h1-14,22,24H,15-19H2,(H,29,32). The van der Waals surface area contributed by atoms with Crippen LogP contribution in [0.1, 0.15) is 39.7 Å². The van der Waals surface area contributed by atoms with Gasteiger partial charge in [0.15, 0.2) is 0 Å². The molecular formula is C28H27N3O2S. The maximum absolute atomic E-state index is 13.6. The molecule has 1 fully saturated rings. The summed E-state index contributed by atoms with van der Waals surface area (Å²) >= 11 is 1.76. The molecular weight excluding hydrogens is 442 g/mol. The van der Waals surface area contributed by atoms with Gasteiger partial charge in [0.05, 0.1) is 15.2 Å². The first-order chi connectivity index (χ1) is 16.7. The van der Waals surface area contributed by atoms with E-state index in [9.17, 15) is 9.59 Å². The molecule has 2 amide bonds. The number of benzene rings is 3. The first-order valence-electron chi connectivity index (χ1n) is 11.7. The minimum absolute atomic E-state index is 0.0177. The van der Waals surface area contributed by atoms with E-state index in [2.05, 4.69) is 17.4 Å². The van der Waals surface area contributed by atoms with Crippen LogP contribution in [0.15, 0.2) is 84.9 Å². The summed E-state index contributed by atoms with van der Waals surface area (Å²) in [4.78, 5) is 33.2. The van der Waals surface area contributed by atoms with Gasteiger partial charge in [-0.1, -0.05) is 60.7 Å². The van der Waals surface area contributed by atoms with E-state index in [4.69, 9.17) is 4.98 Å².